The molecule has 2 aromatic carbocycles. The maximum atomic E-state index is 7.11. The monoisotopic (exact) mass is 487 g/mol. The number of benzene rings is 2. The van der Waals surface area contributed by atoms with E-state index in [1.807, 2.05) is 4.57 Å². The minimum atomic E-state index is -2.61. The van der Waals surface area contributed by atoms with Crippen LogP contribution in [0.4, 0.5) is 5.82 Å². The second kappa shape index (κ2) is 9.18. The number of ether oxygens (including phenoxy) is 1. The molecule has 2 aromatic heterocycles. The third kappa shape index (κ3) is 4.15. The number of aromatic nitrogens is 4. The molecule has 182 valence electrons. The van der Waals surface area contributed by atoms with Crippen molar-refractivity contribution in [3.63, 3.8) is 0 Å². The van der Waals surface area contributed by atoms with Gasteiger partial charge in [0, 0.05) is 5.92 Å². The molecule has 1 saturated heterocycles. The molecule has 2 N–H and O–H groups in total. The lowest BCUT2D eigenvalue weighted by molar-refractivity contribution is -0.0266. The molecule has 0 spiro atoms. The van der Waals surface area contributed by atoms with E-state index >= 15 is 0 Å². The van der Waals surface area contributed by atoms with Crippen LogP contribution in [0.2, 0.25) is 5.04 Å². The molecule has 0 amide bonds. The third-order valence-corrected chi connectivity index (χ3v) is 12.0. The predicted octanol–water partition coefficient (Wildman–Crippen LogP) is 3.91. The van der Waals surface area contributed by atoms with E-state index in [0.29, 0.717) is 23.6 Å². The van der Waals surface area contributed by atoms with Crippen molar-refractivity contribution in [1.29, 1.82) is 0 Å². The average molecular weight is 488 g/mol. The Morgan fingerprint density at radius 3 is 2.23 bits per heavy atom. The molecule has 0 saturated carbocycles. The van der Waals surface area contributed by atoms with E-state index in [0.717, 1.165) is 6.42 Å². The molecule has 8 heteroatoms. The summed E-state index contributed by atoms with van der Waals surface area (Å²) >= 11 is 0. The average Bonchev–Trinajstić information content (AvgIpc) is 3.44. The summed E-state index contributed by atoms with van der Waals surface area (Å²) in [6.45, 7) is 9.60. The molecule has 4 aromatic rings. The zero-order chi connectivity index (χ0) is 24.6. The molecular weight excluding hydrogens is 454 g/mol. The number of anilines is 1. The molecule has 1 fully saturated rings. The fourth-order valence-corrected chi connectivity index (χ4v) is 9.99. The number of hydrogen-bond acceptors (Lipinski definition) is 6. The molecule has 5 rings (SSSR count). The maximum Gasteiger partial charge on any atom is 0.261 e. The number of nitrogens with two attached hydrogens (primary N) is 1. The van der Waals surface area contributed by atoms with Crippen molar-refractivity contribution < 1.29 is 9.16 Å². The van der Waals surface area contributed by atoms with Crippen molar-refractivity contribution in [2.24, 2.45) is 5.92 Å². The van der Waals surface area contributed by atoms with Crippen LogP contribution in [0.5, 0.6) is 0 Å². The number of imidazole rings is 1. The van der Waals surface area contributed by atoms with Crippen molar-refractivity contribution in [3.8, 4) is 0 Å². The Bertz CT molecular complexity index is 1250. The van der Waals surface area contributed by atoms with Crippen molar-refractivity contribution in [2.75, 3.05) is 12.3 Å². The minimum Gasteiger partial charge on any atom is -0.405 e. The Morgan fingerprint density at radius 2 is 1.63 bits per heavy atom. The SMILES string of the molecule is C[C@@H]1C[C@@H](CO[Si](c2ccccc2)(c2ccccc2)C(C)(C)C)O[C@H]1n1cnc2c(N)ncnc21. The lowest BCUT2D eigenvalue weighted by atomic mass is 10.1. The highest BCUT2D eigenvalue weighted by atomic mass is 28.4. The first-order valence-electron chi connectivity index (χ1n) is 12.1. The van der Waals surface area contributed by atoms with Crippen LogP contribution in [-0.4, -0.2) is 40.5 Å². The standard InChI is InChI=1S/C27H33N5O2Si/c1-19-15-20(34-26(19)32-18-31-23-24(28)29-17-30-25(23)32)16-33-35(27(2,3)4,21-11-7-5-8-12-21)22-13-9-6-10-14-22/h5-14,17-20,26H,15-16H2,1-4H3,(H2,28,29,30)/t19-,20+,26-/m1/s1. The molecule has 3 atom stereocenters. The number of fused-ring (bicyclic) bond motifs is 1. The second-order valence-electron chi connectivity index (χ2n) is 10.4. The molecule has 1 aliphatic rings. The van der Waals surface area contributed by atoms with Gasteiger partial charge in [0.05, 0.1) is 19.0 Å². The summed E-state index contributed by atoms with van der Waals surface area (Å²) in [4.78, 5) is 12.9. The van der Waals surface area contributed by atoms with E-state index in [4.69, 9.17) is 14.9 Å². The molecule has 0 aliphatic carbocycles. The van der Waals surface area contributed by atoms with Gasteiger partial charge in [-0.3, -0.25) is 4.57 Å². The van der Waals surface area contributed by atoms with Gasteiger partial charge >= 0.3 is 0 Å². The number of rotatable bonds is 6. The smallest absolute Gasteiger partial charge is 0.261 e. The van der Waals surface area contributed by atoms with Crippen molar-refractivity contribution in [3.05, 3.63) is 73.3 Å². The minimum absolute atomic E-state index is 0.0340. The Labute approximate surface area is 207 Å². The Hall–Kier alpha value is -3.07. The van der Waals surface area contributed by atoms with Gasteiger partial charge in [0.2, 0.25) is 0 Å². The molecule has 0 radical (unpaired) electrons. The molecular formula is C27H33N5O2Si. The summed E-state index contributed by atoms with van der Waals surface area (Å²) in [5.41, 5.74) is 7.30. The zero-order valence-electron chi connectivity index (χ0n) is 20.8. The largest absolute Gasteiger partial charge is 0.405 e. The lowest BCUT2D eigenvalue weighted by Crippen LogP contribution is -2.67. The Balaban J connectivity index is 1.44. The third-order valence-electron chi connectivity index (χ3n) is 7.02. The van der Waals surface area contributed by atoms with Gasteiger partial charge in [-0.2, -0.15) is 0 Å². The molecule has 3 heterocycles. The number of nitrogens with zero attached hydrogens (tertiary/aromatic N) is 4. The summed E-state index contributed by atoms with van der Waals surface area (Å²) < 4.78 is 15.7. The van der Waals surface area contributed by atoms with Crippen LogP contribution in [0.3, 0.4) is 0 Å². The molecule has 0 bridgehead atoms. The van der Waals surface area contributed by atoms with Gasteiger partial charge in [-0.1, -0.05) is 88.4 Å². The summed E-state index contributed by atoms with van der Waals surface area (Å²) in [5, 5.41) is 2.47. The van der Waals surface area contributed by atoms with Crippen molar-refractivity contribution in [1.82, 2.24) is 19.5 Å². The topological polar surface area (TPSA) is 88.1 Å². The number of hydrogen-bond donors (Lipinski definition) is 1. The van der Waals surface area contributed by atoms with Gasteiger partial charge in [0.15, 0.2) is 11.5 Å². The van der Waals surface area contributed by atoms with Crippen LogP contribution in [0.15, 0.2) is 73.3 Å². The van der Waals surface area contributed by atoms with Crippen LogP contribution in [-0.2, 0) is 9.16 Å². The molecule has 1 aliphatic heterocycles. The summed E-state index contributed by atoms with van der Waals surface area (Å²) in [7, 11) is -2.61. The van der Waals surface area contributed by atoms with Crippen LogP contribution >= 0.6 is 0 Å². The van der Waals surface area contributed by atoms with Crippen molar-refractivity contribution in [2.45, 2.75) is 51.5 Å². The second-order valence-corrected chi connectivity index (χ2v) is 14.7. The van der Waals surface area contributed by atoms with Gasteiger partial charge in [0.25, 0.3) is 8.32 Å². The van der Waals surface area contributed by atoms with Crippen LogP contribution in [0.1, 0.15) is 40.3 Å². The quantitative estimate of drug-likeness (QED) is 0.415. The normalized spacial score (nSPS) is 21.0. The first-order chi connectivity index (χ1) is 16.8. The zero-order valence-corrected chi connectivity index (χ0v) is 21.8. The highest BCUT2D eigenvalue weighted by molar-refractivity contribution is 6.99. The maximum absolute atomic E-state index is 7.11. The first-order valence-corrected chi connectivity index (χ1v) is 14.1. The summed E-state index contributed by atoms with van der Waals surface area (Å²) in [6, 6.07) is 21.4. The van der Waals surface area contributed by atoms with Gasteiger partial charge in [-0.25, -0.2) is 15.0 Å². The van der Waals surface area contributed by atoms with E-state index in [2.05, 4.69) is 103 Å². The number of nitrogen functional groups attached to an aromatic ring is 1. The van der Waals surface area contributed by atoms with E-state index in [9.17, 15) is 0 Å². The molecule has 7 nitrogen and oxygen atoms in total. The fraction of sp³-hybridized carbons (Fsp3) is 0.370. The predicted molar refractivity (Wildman–Crippen MR) is 141 cm³/mol. The van der Waals surface area contributed by atoms with E-state index in [1.54, 1.807) is 6.33 Å². The van der Waals surface area contributed by atoms with Gasteiger partial charge in [-0.05, 0) is 21.8 Å². The van der Waals surface area contributed by atoms with Crippen LogP contribution in [0, 0.1) is 5.92 Å². The fourth-order valence-electron chi connectivity index (χ4n) is 5.40. The lowest BCUT2D eigenvalue weighted by Gasteiger charge is -2.43. The van der Waals surface area contributed by atoms with Gasteiger partial charge in [0.1, 0.15) is 18.1 Å². The highest BCUT2D eigenvalue weighted by Gasteiger charge is 2.51. The van der Waals surface area contributed by atoms with Gasteiger partial charge < -0.3 is 14.9 Å². The summed E-state index contributed by atoms with van der Waals surface area (Å²) in [6.07, 6.45) is 3.90. The highest BCUT2D eigenvalue weighted by Crippen LogP contribution is 2.39. The van der Waals surface area contributed by atoms with E-state index in [-0.39, 0.29) is 23.3 Å². The Morgan fingerprint density at radius 1 is 1.00 bits per heavy atom. The Kier molecular flexibility index (Phi) is 6.21. The van der Waals surface area contributed by atoms with Crippen molar-refractivity contribution >= 4 is 35.7 Å². The van der Waals surface area contributed by atoms with E-state index < -0.39 is 8.32 Å². The summed E-state index contributed by atoms with van der Waals surface area (Å²) in [5.74, 6) is 0.655. The molecule has 0 unspecified atom stereocenters. The van der Waals surface area contributed by atoms with Crippen LogP contribution < -0.4 is 16.1 Å². The van der Waals surface area contributed by atoms with Gasteiger partial charge in [-0.15, -0.1) is 0 Å². The van der Waals surface area contributed by atoms with Crippen LogP contribution in [0.25, 0.3) is 11.2 Å². The van der Waals surface area contributed by atoms with E-state index in [1.165, 1.54) is 16.7 Å². The first kappa shape index (κ1) is 23.7. The molecule has 35 heavy (non-hydrogen) atoms.